The van der Waals surface area contributed by atoms with E-state index in [1.165, 1.54) is 0 Å². The van der Waals surface area contributed by atoms with Crippen LogP contribution in [0.3, 0.4) is 0 Å². The molecule has 1 aliphatic rings. The summed E-state index contributed by atoms with van der Waals surface area (Å²) < 4.78 is 13.0. The van der Waals surface area contributed by atoms with Crippen LogP contribution in [0.2, 0.25) is 0 Å². The molecule has 4 aromatic rings. The molecule has 3 unspecified atom stereocenters. The summed E-state index contributed by atoms with van der Waals surface area (Å²) in [5, 5.41) is 22.0. The van der Waals surface area contributed by atoms with E-state index in [0.29, 0.717) is 13.0 Å². The number of carbonyl (C=O) groups is 2. The zero-order valence-electron chi connectivity index (χ0n) is 23.6. The van der Waals surface area contributed by atoms with Crippen LogP contribution in [0, 0.1) is 0 Å². The summed E-state index contributed by atoms with van der Waals surface area (Å²) in [5.74, 6) is -0.563. The molecule has 1 fully saturated rings. The SMILES string of the molecule is O=C(O)CCC(=O)NCc1cccc(-c2cccc(C3OC(CSc4ccccn4)CC(c4ccc(CO)cc4)O3)c2)c1. The zero-order valence-corrected chi connectivity index (χ0v) is 24.4. The van der Waals surface area contributed by atoms with Crippen molar-refractivity contribution in [2.75, 3.05) is 5.75 Å². The third kappa shape index (κ3) is 8.75. The smallest absolute Gasteiger partial charge is 0.303 e. The van der Waals surface area contributed by atoms with Gasteiger partial charge in [-0.05, 0) is 52.1 Å². The number of pyridine rings is 1. The van der Waals surface area contributed by atoms with E-state index in [9.17, 15) is 14.7 Å². The maximum atomic E-state index is 12.0. The Balaban J connectivity index is 1.32. The lowest BCUT2D eigenvalue weighted by Gasteiger charge is -2.36. The first kappa shape index (κ1) is 30.4. The van der Waals surface area contributed by atoms with Gasteiger partial charge in [-0.3, -0.25) is 9.59 Å². The minimum absolute atomic E-state index is 0.00797. The van der Waals surface area contributed by atoms with Crippen molar-refractivity contribution in [1.82, 2.24) is 10.3 Å². The summed E-state index contributed by atoms with van der Waals surface area (Å²) in [6.45, 7) is 0.305. The van der Waals surface area contributed by atoms with Crippen molar-refractivity contribution in [2.45, 2.75) is 55.9 Å². The topological polar surface area (TPSA) is 118 Å². The number of amides is 1. The number of carboxylic acid groups (broad SMARTS) is 1. The van der Waals surface area contributed by atoms with Crippen LogP contribution in [-0.4, -0.2) is 38.9 Å². The van der Waals surface area contributed by atoms with E-state index < -0.39 is 12.3 Å². The Labute approximate surface area is 255 Å². The van der Waals surface area contributed by atoms with Crippen molar-refractivity contribution in [3.63, 3.8) is 0 Å². The van der Waals surface area contributed by atoms with Gasteiger partial charge in [-0.1, -0.05) is 66.7 Å². The average molecular weight is 599 g/mol. The van der Waals surface area contributed by atoms with Gasteiger partial charge in [-0.25, -0.2) is 4.98 Å². The predicted octanol–water partition coefficient (Wildman–Crippen LogP) is 6.06. The number of aliphatic hydroxyl groups excluding tert-OH is 1. The number of nitrogens with one attached hydrogen (secondary N) is 1. The van der Waals surface area contributed by atoms with Crippen LogP contribution in [0.15, 0.2) is 102 Å². The van der Waals surface area contributed by atoms with Crippen LogP contribution in [0.1, 0.15) is 53.9 Å². The van der Waals surface area contributed by atoms with Gasteiger partial charge in [0.2, 0.25) is 5.91 Å². The molecule has 1 saturated heterocycles. The highest BCUT2D eigenvalue weighted by Crippen LogP contribution is 2.40. The fourth-order valence-corrected chi connectivity index (χ4v) is 5.75. The number of aliphatic carboxylic acids is 1. The van der Waals surface area contributed by atoms with Crippen LogP contribution in [0.25, 0.3) is 11.1 Å². The van der Waals surface area contributed by atoms with E-state index in [-0.39, 0.29) is 37.6 Å². The molecule has 9 heteroatoms. The third-order valence-electron chi connectivity index (χ3n) is 7.14. The highest BCUT2D eigenvalue weighted by molar-refractivity contribution is 7.99. The van der Waals surface area contributed by atoms with Gasteiger partial charge >= 0.3 is 5.97 Å². The number of aliphatic hydroxyl groups is 1. The van der Waals surface area contributed by atoms with Crippen molar-refractivity contribution < 1.29 is 29.3 Å². The zero-order chi connectivity index (χ0) is 30.0. The number of rotatable bonds is 12. The first-order valence-corrected chi connectivity index (χ1v) is 15.2. The van der Waals surface area contributed by atoms with Crippen molar-refractivity contribution in [2.24, 2.45) is 0 Å². The van der Waals surface area contributed by atoms with Gasteiger partial charge in [0.05, 0.1) is 30.3 Å². The van der Waals surface area contributed by atoms with Gasteiger partial charge in [0.1, 0.15) is 0 Å². The lowest BCUT2D eigenvalue weighted by Crippen LogP contribution is -2.31. The molecular formula is C34H34N2O6S. The Morgan fingerprint density at radius 2 is 1.65 bits per heavy atom. The van der Waals surface area contributed by atoms with Crippen molar-refractivity contribution >= 4 is 23.6 Å². The first-order chi connectivity index (χ1) is 21.0. The van der Waals surface area contributed by atoms with Crippen LogP contribution in [0.4, 0.5) is 0 Å². The standard InChI is InChI=1S/C34H34N2O6S/c37-21-23-10-12-25(13-11-23)30-19-29(22-43-32-9-1-2-16-35-32)41-34(42-30)28-8-4-7-27(18-28)26-6-3-5-24(17-26)20-36-31(38)14-15-33(39)40/h1-13,16-18,29-30,34,37H,14-15,19-22H2,(H,36,38)(H,39,40). The number of hydrogen-bond donors (Lipinski definition) is 3. The van der Waals surface area contributed by atoms with Gasteiger partial charge in [-0.15, -0.1) is 11.8 Å². The van der Waals surface area contributed by atoms with E-state index in [4.69, 9.17) is 14.6 Å². The van der Waals surface area contributed by atoms with E-state index >= 15 is 0 Å². The molecule has 0 spiro atoms. The molecule has 1 amide bonds. The summed E-state index contributed by atoms with van der Waals surface area (Å²) in [6, 6.07) is 29.7. The van der Waals surface area contributed by atoms with Crippen LogP contribution in [0.5, 0.6) is 0 Å². The van der Waals surface area contributed by atoms with Gasteiger partial charge in [-0.2, -0.15) is 0 Å². The number of thioether (sulfide) groups is 1. The predicted molar refractivity (Wildman–Crippen MR) is 164 cm³/mol. The summed E-state index contributed by atoms with van der Waals surface area (Å²) in [7, 11) is 0. The molecular weight excluding hydrogens is 564 g/mol. The van der Waals surface area contributed by atoms with E-state index in [2.05, 4.69) is 16.4 Å². The number of nitrogens with zero attached hydrogens (tertiary/aromatic N) is 1. The maximum absolute atomic E-state index is 12.0. The molecule has 3 N–H and O–H groups in total. The summed E-state index contributed by atoms with van der Waals surface area (Å²) >= 11 is 1.66. The normalized spacial score (nSPS) is 18.2. The third-order valence-corrected chi connectivity index (χ3v) is 8.22. The van der Waals surface area contributed by atoms with Gasteiger partial charge in [0.25, 0.3) is 0 Å². The highest BCUT2D eigenvalue weighted by atomic mass is 32.2. The van der Waals surface area contributed by atoms with Crippen molar-refractivity contribution in [3.8, 4) is 11.1 Å². The molecule has 8 nitrogen and oxygen atoms in total. The number of aromatic nitrogens is 1. The van der Waals surface area contributed by atoms with Crippen molar-refractivity contribution in [3.05, 3.63) is 119 Å². The Morgan fingerprint density at radius 1 is 0.860 bits per heavy atom. The molecule has 0 radical (unpaired) electrons. The lowest BCUT2D eigenvalue weighted by molar-refractivity contribution is -0.245. The minimum Gasteiger partial charge on any atom is -0.481 e. The quantitative estimate of drug-likeness (QED) is 0.169. The van der Waals surface area contributed by atoms with E-state index in [0.717, 1.165) is 44.2 Å². The molecule has 0 saturated carbocycles. The number of carboxylic acids is 1. The summed E-state index contributed by atoms with van der Waals surface area (Å²) in [6.07, 6.45) is 1.39. The molecule has 0 aliphatic carbocycles. The Kier molecular flexibility index (Phi) is 10.6. The Hall–Kier alpha value is -4.02. The average Bonchev–Trinajstić information content (AvgIpc) is 3.06. The molecule has 1 aliphatic heterocycles. The number of ether oxygens (including phenoxy) is 2. The first-order valence-electron chi connectivity index (χ1n) is 14.2. The highest BCUT2D eigenvalue weighted by Gasteiger charge is 2.32. The van der Waals surface area contributed by atoms with E-state index in [1.54, 1.807) is 18.0 Å². The number of carbonyl (C=O) groups excluding carboxylic acids is 1. The Bertz CT molecular complexity index is 1520. The van der Waals surface area contributed by atoms with E-state index in [1.807, 2.05) is 84.9 Å². The fourth-order valence-electron chi connectivity index (χ4n) is 4.87. The maximum Gasteiger partial charge on any atom is 0.303 e. The van der Waals surface area contributed by atoms with Crippen LogP contribution < -0.4 is 5.32 Å². The fraction of sp³-hybridized carbons (Fsp3) is 0.265. The molecule has 0 bridgehead atoms. The molecule has 222 valence electrons. The minimum atomic E-state index is -0.993. The molecule has 2 heterocycles. The second kappa shape index (κ2) is 14.9. The number of hydrogen-bond acceptors (Lipinski definition) is 7. The largest absolute Gasteiger partial charge is 0.481 e. The molecule has 43 heavy (non-hydrogen) atoms. The molecule has 1 aromatic heterocycles. The monoisotopic (exact) mass is 598 g/mol. The van der Waals surface area contributed by atoms with Gasteiger partial charge < -0.3 is 25.0 Å². The summed E-state index contributed by atoms with van der Waals surface area (Å²) in [5.41, 5.74) is 5.66. The number of benzene rings is 3. The lowest BCUT2D eigenvalue weighted by atomic mass is 9.99. The molecule has 3 atom stereocenters. The van der Waals surface area contributed by atoms with Crippen molar-refractivity contribution in [1.29, 1.82) is 0 Å². The van der Waals surface area contributed by atoms with Crippen LogP contribution in [-0.2, 0) is 32.2 Å². The van der Waals surface area contributed by atoms with Crippen LogP contribution >= 0.6 is 11.8 Å². The molecule has 3 aromatic carbocycles. The van der Waals surface area contributed by atoms with Gasteiger partial charge in [0, 0.05) is 36.9 Å². The Morgan fingerprint density at radius 3 is 2.40 bits per heavy atom. The van der Waals surface area contributed by atoms with Gasteiger partial charge in [0.15, 0.2) is 6.29 Å². The second-order valence-corrected chi connectivity index (χ2v) is 11.4. The second-order valence-electron chi connectivity index (χ2n) is 10.3. The summed E-state index contributed by atoms with van der Waals surface area (Å²) in [4.78, 5) is 27.2. The molecule has 5 rings (SSSR count).